The average molecular weight is 276 g/mol. The third-order valence-corrected chi connectivity index (χ3v) is 3.18. The fourth-order valence-corrected chi connectivity index (χ4v) is 2.07. The first-order valence-electron chi connectivity index (χ1n) is 6.35. The first-order valence-corrected chi connectivity index (χ1v) is 6.73. The van der Waals surface area contributed by atoms with Crippen molar-refractivity contribution in [1.29, 1.82) is 0 Å². The minimum atomic E-state index is 0.633. The van der Waals surface area contributed by atoms with Crippen molar-refractivity contribution in [2.45, 2.75) is 13.8 Å². The Labute approximate surface area is 119 Å². The molecule has 0 fully saturated rings. The molecule has 0 radical (unpaired) electrons. The Kier molecular flexibility index (Phi) is 4.69. The molecule has 19 heavy (non-hydrogen) atoms. The number of aryl methyl sites for hydroxylation is 2. The molecule has 0 aliphatic carbocycles. The molecule has 0 spiro atoms. The first-order chi connectivity index (χ1) is 9.16. The van der Waals surface area contributed by atoms with E-state index in [0.717, 1.165) is 23.0 Å². The number of nitrogens with one attached hydrogen (secondary N) is 1. The minimum Gasteiger partial charge on any atom is -0.491 e. The molecule has 3 heteroatoms. The van der Waals surface area contributed by atoms with E-state index in [4.69, 9.17) is 16.3 Å². The lowest BCUT2D eigenvalue weighted by Gasteiger charge is -2.12. The van der Waals surface area contributed by atoms with E-state index in [9.17, 15) is 0 Å². The molecule has 0 unspecified atom stereocenters. The van der Waals surface area contributed by atoms with Crippen LogP contribution in [0.4, 0.5) is 5.69 Å². The fourth-order valence-electron chi connectivity index (χ4n) is 1.94. The van der Waals surface area contributed by atoms with Gasteiger partial charge in [0, 0.05) is 17.3 Å². The van der Waals surface area contributed by atoms with Crippen LogP contribution in [0.2, 0.25) is 5.02 Å². The molecule has 2 rings (SSSR count). The van der Waals surface area contributed by atoms with Crippen LogP contribution in [0.15, 0.2) is 42.5 Å². The zero-order valence-corrected chi connectivity index (χ0v) is 12.0. The van der Waals surface area contributed by atoms with Gasteiger partial charge < -0.3 is 10.1 Å². The zero-order chi connectivity index (χ0) is 13.7. The monoisotopic (exact) mass is 275 g/mol. The highest BCUT2D eigenvalue weighted by Gasteiger charge is 2.02. The Hall–Kier alpha value is -1.67. The molecular formula is C16H18ClNO. The van der Waals surface area contributed by atoms with Gasteiger partial charge in [0.05, 0.1) is 0 Å². The molecule has 0 saturated carbocycles. The van der Waals surface area contributed by atoms with Gasteiger partial charge in [-0.05, 0) is 49.2 Å². The summed E-state index contributed by atoms with van der Waals surface area (Å²) in [6, 6.07) is 13.8. The van der Waals surface area contributed by atoms with E-state index < -0.39 is 0 Å². The molecule has 0 aromatic heterocycles. The van der Waals surface area contributed by atoms with Crippen molar-refractivity contribution in [3.63, 3.8) is 0 Å². The minimum absolute atomic E-state index is 0.633. The van der Waals surface area contributed by atoms with Crippen molar-refractivity contribution in [3.05, 3.63) is 58.6 Å². The van der Waals surface area contributed by atoms with Gasteiger partial charge in [-0.1, -0.05) is 29.8 Å². The Morgan fingerprint density at radius 2 is 1.63 bits per heavy atom. The van der Waals surface area contributed by atoms with Crippen LogP contribution in [0.3, 0.4) is 0 Å². The van der Waals surface area contributed by atoms with Gasteiger partial charge in [-0.2, -0.15) is 0 Å². The molecule has 100 valence electrons. The summed E-state index contributed by atoms with van der Waals surface area (Å²) in [5, 5.41) is 4.04. The number of hydrogen-bond donors (Lipinski definition) is 1. The SMILES string of the molecule is Cc1cccc(C)c1OCCNc1ccc(Cl)cc1. The van der Waals surface area contributed by atoms with E-state index in [1.165, 1.54) is 11.1 Å². The maximum absolute atomic E-state index is 5.84. The van der Waals surface area contributed by atoms with Gasteiger partial charge in [0.2, 0.25) is 0 Å². The molecule has 0 atom stereocenters. The predicted octanol–water partition coefficient (Wildman–Crippen LogP) is 4.45. The lowest BCUT2D eigenvalue weighted by molar-refractivity contribution is 0.328. The second-order valence-corrected chi connectivity index (χ2v) is 4.94. The molecule has 2 aromatic rings. The van der Waals surface area contributed by atoms with Gasteiger partial charge in [-0.15, -0.1) is 0 Å². The quantitative estimate of drug-likeness (QED) is 0.814. The summed E-state index contributed by atoms with van der Waals surface area (Å²) >= 11 is 5.84. The number of para-hydroxylation sites is 1. The molecule has 0 bridgehead atoms. The van der Waals surface area contributed by atoms with E-state index in [1.807, 2.05) is 30.3 Å². The largest absolute Gasteiger partial charge is 0.491 e. The summed E-state index contributed by atoms with van der Waals surface area (Å²) in [5.74, 6) is 0.986. The van der Waals surface area contributed by atoms with Crippen LogP contribution in [0.1, 0.15) is 11.1 Å². The number of hydrogen-bond acceptors (Lipinski definition) is 2. The maximum Gasteiger partial charge on any atom is 0.125 e. The van der Waals surface area contributed by atoms with E-state index in [0.29, 0.717) is 6.61 Å². The Morgan fingerprint density at radius 1 is 1.00 bits per heavy atom. The molecule has 1 N–H and O–H groups in total. The smallest absolute Gasteiger partial charge is 0.125 e. The van der Waals surface area contributed by atoms with Crippen LogP contribution < -0.4 is 10.1 Å². The summed E-state index contributed by atoms with van der Waals surface area (Å²) in [5.41, 5.74) is 3.40. The number of anilines is 1. The van der Waals surface area contributed by atoms with Gasteiger partial charge in [0.1, 0.15) is 12.4 Å². The van der Waals surface area contributed by atoms with Crippen molar-refractivity contribution >= 4 is 17.3 Å². The van der Waals surface area contributed by atoms with Gasteiger partial charge in [-0.25, -0.2) is 0 Å². The molecule has 0 heterocycles. The molecule has 0 aliphatic rings. The summed E-state index contributed by atoms with van der Waals surface area (Å²) in [6.07, 6.45) is 0. The number of halogens is 1. The summed E-state index contributed by atoms with van der Waals surface area (Å²) in [4.78, 5) is 0. The first kappa shape index (κ1) is 13.8. The van der Waals surface area contributed by atoms with Crippen LogP contribution in [-0.2, 0) is 0 Å². The molecule has 0 amide bonds. The number of ether oxygens (including phenoxy) is 1. The van der Waals surface area contributed by atoms with Crippen molar-refractivity contribution in [3.8, 4) is 5.75 Å². The van der Waals surface area contributed by atoms with Crippen LogP contribution in [0, 0.1) is 13.8 Å². The molecule has 2 nitrogen and oxygen atoms in total. The normalized spacial score (nSPS) is 10.3. The summed E-state index contributed by atoms with van der Waals surface area (Å²) < 4.78 is 5.82. The van der Waals surface area contributed by atoms with Gasteiger partial charge in [-0.3, -0.25) is 0 Å². The van der Waals surface area contributed by atoms with E-state index in [1.54, 1.807) is 0 Å². The van der Waals surface area contributed by atoms with Gasteiger partial charge in [0.15, 0.2) is 0 Å². The highest BCUT2D eigenvalue weighted by Crippen LogP contribution is 2.22. The van der Waals surface area contributed by atoms with Crippen LogP contribution in [0.25, 0.3) is 0 Å². The summed E-state index contributed by atoms with van der Waals surface area (Å²) in [6.45, 7) is 5.52. The standard InChI is InChI=1S/C16H18ClNO/c1-12-4-3-5-13(2)16(12)19-11-10-18-15-8-6-14(17)7-9-15/h3-9,18H,10-11H2,1-2H3. The van der Waals surface area contributed by atoms with Crippen LogP contribution in [-0.4, -0.2) is 13.2 Å². The summed E-state index contributed by atoms with van der Waals surface area (Å²) in [7, 11) is 0. The van der Waals surface area contributed by atoms with Crippen molar-refractivity contribution in [2.75, 3.05) is 18.5 Å². The maximum atomic E-state index is 5.84. The van der Waals surface area contributed by atoms with Gasteiger partial charge >= 0.3 is 0 Å². The van der Waals surface area contributed by atoms with Crippen molar-refractivity contribution in [1.82, 2.24) is 0 Å². The lowest BCUT2D eigenvalue weighted by Crippen LogP contribution is -2.12. The van der Waals surface area contributed by atoms with E-state index >= 15 is 0 Å². The van der Waals surface area contributed by atoms with E-state index in [-0.39, 0.29) is 0 Å². The fraction of sp³-hybridized carbons (Fsp3) is 0.250. The second kappa shape index (κ2) is 6.48. The molecular weight excluding hydrogens is 258 g/mol. The predicted molar refractivity (Wildman–Crippen MR) is 81.4 cm³/mol. The Balaban J connectivity index is 1.82. The topological polar surface area (TPSA) is 21.3 Å². The van der Waals surface area contributed by atoms with Crippen molar-refractivity contribution < 1.29 is 4.74 Å². The second-order valence-electron chi connectivity index (χ2n) is 4.50. The Bertz CT molecular complexity index is 517. The Morgan fingerprint density at radius 3 is 2.26 bits per heavy atom. The third-order valence-electron chi connectivity index (χ3n) is 2.93. The molecule has 0 saturated heterocycles. The molecule has 0 aliphatic heterocycles. The number of benzene rings is 2. The number of rotatable bonds is 5. The lowest BCUT2D eigenvalue weighted by atomic mass is 10.1. The van der Waals surface area contributed by atoms with Crippen LogP contribution in [0.5, 0.6) is 5.75 Å². The molecule has 2 aromatic carbocycles. The average Bonchev–Trinajstić information content (AvgIpc) is 2.39. The van der Waals surface area contributed by atoms with Gasteiger partial charge in [0.25, 0.3) is 0 Å². The highest BCUT2D eigenvalue weighted by atomic mass is 35.5. The zero-order valence-electron chi connectivity index (χ0n) is 11.2. The van der Waals surface area contributed by atoms with Crippen molar-refractivity contribution in [2.24, 2.45) is 0 Å². The highest BCUT2D eigenvalue weighted by molar-refractivity contribution is 6.30. The van der Waals surface area contributed by atoms with E-state index in [2.05, 4.69) is 31.3 Å². The van der Waals surface area contributed by atoms with Crippen LogP contribution >= 0.6 is 11.6 Å². The third kappa shape index (κ3) is 3.90.